The Labute approximate surface area is 202 Å². The van der Waals surface area contributed by atoms with Gasteiger partial charge < -0.3 is 5.73 Å². The second-order valence-electron chi connectivity index (χ2n) is 10.1. The second kappa shape index (κ2) is 8.07. The minimum atomic E-state index is -0.477. The number of nitrogens with zero attached hydrogens (tertiary/aromatic N) is 1. The molecule has 0 spiro atoms. The van der Waals surface area contributed by atoms with Gasteiger partial charge in [0.25, 0.3) is 0 Å². The van der Waals surface area contributed by atoms with E-state index in [1.165, 1.54) is 60.5 Å². The molecule has 170 valence electrons. The first-order valence-electron chi connectivity index (χ1n) is 12.0. The Bertz CT molecular complexity index is 1570. The molecule has 0 aliphatic carbocycles. The maximum Gasteiger partial charge on any atom is 0.0786 e. The average molecular weight is 445 g/mol. The van der Waals surface area contributed by atoms with Crippen LogP contribution in [0.2, 0.25) is 0 Å². The van der Waals surface area contributed by atoms with E-state index in [1.54, 1.807) is 0 Å². The first-order valence-corrected chi connectivity index (χ1v) is 12.0. The molecule has 5 aromatic rings. The largest absolute Gasteiger partial charge is 0.322 e. The maximum atomic E-state index is 6.74. The van der Waals surface area contributed by atoms with Crippen LogP contribution in [-0.2, 0) is 5.54 Å². The van der Waals surface area contributed by atoms with Gasteiger partial charge >= 0.3 is 0 Å². The molecule has 34 heavy (non-hydrogen) atoms. The fraction of sp³-hybridized carbons (Fsp3) is 0.219. The third kappa shape index (κ3) is 3.50. The van der Waals surface area contributed by atoms with Crippen molar-refractivity contribution in [1.82, 2.24) is 4.98 Å². The molecule has 0 saturated carbocycles. The monoisotopic (exact) mass is 444 g/mol. The van der Waals surface area contributed by atoms with Crippen molar-refractivity contribution in [1.29, 1.82) is 0 Å². The van der Waals surface area contributed by atoms with E-state index in [-0.39, 0.29) is 0 Å². The molecule has 2 heteroatoms. The number of rotatable bonds is 3. The van der Waals surface area contributed by atoms with Crippen molar-refractivity contribution in [2.45, 2.75) is 47.1 Å². The van der Waals surface area contributed by atoms with Gasteiger partial charge in [0.1, 0.15) is 0 Å². The Kier molecular flexibility index (Phi) is 5.30. The predicted octanol–water partition coefficient (Wildman–Crippen LogP) is 8.15. The molecule has 0 fully saturated rings. The van der Waals surface area contributed by atoms with Crippen LogP contribution in [0.25, 0.3) is 43.9 Å². The molecule has 0 amide bonds. The first-order chi connectivity index (χ1) is 16.2. The summed E-state index contributed by atoms with van der Waals surface area (Å²) in [4.78, 5) is 4.96. The van der Waals surface area contributed by atoms with Crippen LogP contribution >= 0.6 is 0 Å². The molecule has 4 aromatic carbocycles. The van der Waals surface area contributed by atoms with Crippen molar-refractivity contribution in [2.75, 3.05) is 0 Å². The number of aryl methyl sites for hydroxylation is 3. The van der Waals surface area contributed by atoms with Gasteiger partial charge in [-0.1, -0.05) is 48.5 Å². The maximum absolute atomic E-state index is 6.74. The summed E-state index contributed by atoms with van der Waals surface area (Å²) in [6.07, 6.45) is 1.93. The minimum absolute atomic E-state index is 0.477. The highest BCUT2D eigenvalue weighted by Crippen LogP contribution is 2.43. The average Bonchev–Trinajstić information content (AvgIpc) is 2.81. The first kappa shape index (κ1) is 22.3. The quantitative estimate of drug-likeness (QED) is 0.305. The Morgan fingerprint density at radius 2 is 1.41 bits per heavy atom. The lowest BCUT2D eigenvalue weighted by atomic mass is 9.80. The van der Waals surface area contributed by atoms with E-state index in [4.69, 9.17) is 10.7 Å². The molecule has 0 saturated heterocycles. The standard InChI is InChI=1S/C32H32N2/c1-19-11-7-9-13-25(19)30-22(4)29-24(18-28(30)32(5,6)33)15-16-34-31(29)27-17-23-12-8-10-14-26(23)20(2)21(27)3/h7-18H,33H2,1-6H3. The zero-order valence-corrected chi connectivity index (χ0v) is 21.0. The highest BCUT2D eigenvalue weighted by molar-refractivity contribution is 6.04. The van der Waals surface area contributed by atoms with Crippen molar-refractivity contribution in [3.63, 3.8) is 0 Å². The van der Waals surface area contributed by atoms with E-state index in [9.17, 15) is 0 Å². The van der Waals surface area contributed by atoms with Crippen LogP contribution in [0, 0.1) is 27.7 Å². The van der Waals surface area contributed by atoms with Gasteiger partial charge in [0, 0.05) is 22.7 Å². The Balaban J connectivity index is 1.92. The lowest BCUT2D eigenvalue weighted by Crippen LogP contribution is -2.29. The highest BCUT2D eigenvalue weighted by Gasteiger charge is 2.25. The highest BCUT2D eigenvalue weighted by atomic mass is 14.7. The third-order valence-electron chi connectivity index (χ3n) is 7.30. The lowest BCUT2D eigenvalue weighted by molar-refractivity contribution is 0.556. The molecule has 0 atom stereocenters. The minimum Gasteiger partial charge on any atom is -0.322 e. The zero-order valence-electron chi connectivity index (χ0n) is 21.0. The Morgan fingerprint density at radius 1 is 0.706 bits per heavy atom. The molecule has 0 aliphatic heterocycles. The van der Waals surface area contributed by atoms with E-state index in [0.717, 1.165) is 11.3 Å². The number of hydrogen-bond donors (Lipinski definition) is 1. The summed E-state index contributed by atoms with van der Waals surface area (Å²) in [5.41, 5.74) is 17.2. The van der Waals surface area contributed by atoms with Crippen molar-refractivity contribution in [3.05, 3.63) is 101 Å². The van der Waals surface area contributed by atoms with Crippen molar-refractivity contribution >= 4 is 21.5 Å². The summed E-state index contributed by atoms with van der Waals surface area (Å²) < 4.78 is 0. The number of benzene rings is 4. The van der Waals surface area contributed by atoms with Gasteiger partial charge in [-0.25, -0.2) is 0 Å². The predicted molar refractivity (Wildman–Crippen MR) is 146 cm³/mol. The molecule has 0 unspecified atom stereocenters. The fourth-order valence-corrected chi connectivity index (χ4v) is 5.34. The number of nitrogens with two attached hydrogens (primary N) is 1. The van der Waals surface area contributed by atoms with Gasteiger partial charge in [0.05, 0.1) is 5.69 Å². The summed E-state index contributed by atoms with van der Waals surface area (Å²) in [5, 5.41) is 4.93. The second-order valence-corrected chi connectivity index (χ2v) is 10.1. The number of fused-ring (bicyclic) bond motifs is 2. The summed E-state index contributed by atoms with van der Waals surface area (Å²) in [6, 6.07) is 23.9. The van der Waals surface area contributed by atoms with Gasteiger partial charge in [-0.2, -0.15) is 0 Å². The molecule has 0 bridgehead atoms. The van der Waals surface area contributed by atoms with Crippen LogP contribution in [0.5, 0.6) is 0 Å². The van der Waals surface area contributed by atoms with Gasteiger partial charge in [0.2, 0.25) is 0 Å². The zero-order chi connectivity index (χ0) is 24.2. The number of aromatic nitrogens is 1. The molecule has 0 aliphatic rings. The summed E-state index contributed by atoms with van der Waals surface area (Å²) in [6.45, 7) is 13.0. The van der Waals surface area contributed by atoms with Crippen LogP contribution in [0.4, 0.5) is 0 Å². The molecular formula is C32H32N2. The molecule has 2 N–H and O–H groups in total. The van der Waals surface area contributed by atoms with Gasteiger partial charge in [-0.05, 0) is 115 Å². The van der Waals surface area contributed by atoms with Crippen LogP contribution in [-0.4, -0.2) is 4.98 Å². The van der Waals surface area contributed by atoms with Crippen LogP contribution < -0.4 is 5.73 Å². The third-order valence-corrected chi connectivity index (χ3v) is 7.30. The molecule has 2 nitrogen and oxygen atoms in total. The number of pyridine rings is 1. The molecule has 1 heterocycles. The number of hydrogen-bond acceptors (Lipinski definition) is 2. The van der Waals surface area contributed by atoms with Gasteiger partial charge in [-0.3, -0.25) is 4.98 Å². The van der Waals surface area contributed by atoms with Gasteiger partial charge in [-0.15, -0.1) is 0 Å². The lowest BCUT2D eigenvalue weighted by Gasteiger charge is -2.27. The van der Waals surface area contributed by atoms with E-state index >= 15 is 0 Å². The molecule has 0 radical (unpaired) electrons. The fourth-order valence-electron chi connectivity index (χ4n) is 5.34. The van der Waals surface area contributed by atoms with E-state index < -0.39 is 5.54 Å². The van der Waals surface area contributed by atoms with E-state index in [0.29, 0.717) is 0 Å². The normalized spacial score (nSPS) is 12.0. The van der Waals surface area contributed by atoms with Crippen molar-refractivity contribution < 1.29 is 0 Å². The van der Waals surface area contributed by atoms with Gasteiger partial charge in [0.15, 0.2) is 0 Å². The van der Waals surface area contributed by atoms with Crippen LogP contribution in [0.15, 0.2) is 72.9 Å². The summed E-state index contributed by atoms with van der Waals surface area (Å²) in [5.74, 6) is 0. The molecule has 1 aromatic heterocycles. The summed E-state index contributed by atoms with van der Waals surface area (Å²) in [7, 11) is 0. The summed E-state index contributed by atoms with van der Waals surface area (Å²) >= 11 is 0. The Hall–Kier alpha value is -3.49. The van der Waals surface area contributed by atoms with Crippen molar-refractivity contribution in [3.8, 4) is 22.4 Å². The van der Waals surface area contributed by atoms with E-state index in [1.807, 2.05) is 6.20 Å². The van der Waals surface area contributed by atoms with E-state index in [2.05, 4.69) is 108 Å². The SMILES string of the molecule is Cc1ccccc1-c1c(C(C)(C)N)cc2ccnc(-c3cc4ccccc4c(C)c3C)c2c1C. The smallest absolute Gasteiger partial charge is 0.0786 e. The molecule has 5 rings (SSSR count). The van der Waals surface area contributed by atoms with Crippen molar-refractivity contribution in [2.24, 2.45) is 5.73 Å². The van der Waals surface area contributed by atoms with Crippen LogP contribution in [0.3, 0.4) is 0 Å². The Morgan fingerprint density at radius 3 is 2.15 bits per heavy atom. The topological polar surface area (TPSA) is 38.9 Å². The van der Waals surface area contributed by atoms with Crippen LogP contribution in [0.1, 0.15) is 41.7 Å². The molecular weight excluding hydrogens is 412 g/mol.